The van der Waals surface area contributed by atoms with Crippen LogP contribution in [0.3, 0.4) is 0 Å². The summed E-state index contributed by atoms with van der Waals surface area (Å²) in [7, 11) is 0. The molecule has 4 rings (SSSR count). The number of rotatable bonds is 4. The van der Waals surface area contributed by atoms with E-state index in [1.54, 1.807) is 0 Å². The predicted molar refractivity (Wildman–Crippen MR) is 100 cm³/mol. The molecule has 2 aliphatic rings. The fourth-order valence-corrected chi connectivity index (χ4v) is 3.53. The zero-order valence-electron chi connectivity index (χ0n) is 14.8. The van der Waals surface area contributed by atoms with Gasteiger partial charge in [-0.1, -0.05) is 42.5 Å². The number of hydrogen-bond acceptors (Lipinski definition) is 3. The minimum absolute atomic E-state index is 0.0491. The Kier molecular flexibility index (Phi) is 4.80. The average molecular weight is 352 g/mol. The Morgan fingerprint density at radius 3 is 2.42 bits per heavy atom. The number of urea groups is 1. The highest BCUT2D eigenvalue weighted by atomic mass is 16.5. The summed E-state index contributed by atoms with van der Waals surface area (Å²) in [4.78, 5) is 14.5. The van der Waals surface area contributed by atoms with Gasteiger partial charge in [0.25, 0.3) is 0 Å². The van der Waals surface area contributed by atoms with Crippen LogP contribution in [0.2, 0.25) is 0 Å². The number of likely N-dealkylation sites (tertiary alicyclic amines) is 1. The van der Waals surface area contributed by atoms with E-state index in [9.17, 15) is 4.79 Å². The molecule has 0 aromatic heterocycles. The van der Waals surface area contributed by atoms with Crippen molar-refractivity contribution < 1.29 is 14.3 Å². The predicted octanol–water partition coefficient (Wildman–Crippen LogP) is 4.05. The molecule has 1 N–H and O–H groups in total. The van der Waals surface area contributed by atoms with Gasteiger partial charge in [-0.15, -0.1) is 0 Å². The van der Waals surface area contributed by atoms with E-state index >= 15 is 0 Å². The van der Waals surface area contributed by atoms with Gasteiger partial charge in [0, 0.05) is 13.1 Å². The molecule has 5 nitrogen and oxygen atoms in total. The third-order valence-electron chi connectivity index (χ3n) is 5.29. The first-order valence-corrected chi connectivity index (χ1v) is 9.20. The van der Waals surface area contributed by atoms with Crippen LogP contribution in [0.15, 0.2) is 54.6 Å². The highest BCUT2D eigenvalue weighted by Crippen LogP contribution is 2.37. The Morgan fingerprint density at radius 1 is 1.04 bits per heavy atom. The second kappa shape index (κ2) is 7.38. The van der Waals surface area contributed by atoms with Crippen LogP contribution in [-0.2, 0) is 11.3 Å². The number of carbonyl (C=O) groups excluding carboxylic acids is 1. The first kappa shape index (κ1) is 16.9. The van der Waals surface area contributed by atoms with Crippen molar-refractivity contribution in [2.75, 3.05) is 25.0 Å². The molecule has 136 valence electrons. The molecule has 5 heteroatoms. The fraction of sp³-hybridized carbons (Fsp3) is 0.381. The second-order valence-corrected chi connectivity index (χ2v) is 6.97. The zero-order valence-corrected chi connectivity index (χ0v) is 14.8. The molecule has 26 heavy (non-hydrogen) atoms. The lowest BCUT2D eigenvalue weighted by molar-refractivity contribution is -0.168. The van der Waals surface area contributed by atoms with Gasteiger partial charge in [0.15, 0.2) is 0 Å². The molecule has 1 spiro atoms. The van der Waals surface area contributed by atoms with Crippen molar-refractivity contribution >= 4 is 11.7 Å². The minimum Gasteiger partial charge on any atom is -0.487 e. The lowest BCUT2D eigenvalue weighted by Gasteiger charge is -2.47. The third kappa shape index (κ3) is 3.68. The lowest BCUT2D eigenvalue weighted by Crippen LogP contribution is -2.54. The number of anilines is 1. The van der Waals surface area contributed by atoms with Gasteiger partial charge < -0.3 is 19.7 Å². The number of benzene rings is 2. The Morgan fingerprint density at radius 2 is 1.73 bits per heavy atom. The fourth-order valence-electron chi connectivity index (χ4n) is 3.53. The second-order valence-electron chi connectivity index (χ2n) is 6.97. The van der Waals surface area contributed by atoms with E-state index in [0.717, 1.165) is 44.5 Å². The van der Waals surface area contributed by atoms with Gasteiger partial charge in [-0.25, -0.2) is 4.79 Å². The number of para-hydroxylation sites is 2. The molecule has 0 aliphatic carbocycles. The Hall–Kier alpha value is -2.53. The van der Waals surface area contributed by atoms with E-state index in [1.807, 2.05) is 59.5 Å². The van der Waals surface area contributed by atoms with Crippen LogP contribution in [0.5, 0.6) is 5.75 Å². The van der Waals surface area contributed by atoms with Crippen LogP contribution in [0.4, 0.5) is 10.5 Å². The Labute approximate surface area is 153 Å². The van der Waals surface area contributed by atoms with Crippen LogP contribution in [0.25, 0.3) is 0 Å². The number of carbonyl (C=O) groups is 1. The summed E-state index contributed by atoms with van der Waals surface area (Å²) in [5, 5.41) is 3.00. The average Bonchev–Trinajstić information content (AvgIpc) is 2.67. The Bertz CT molecular complexity index is 749. The monoisotopic (exact) mass is 352 g/mol. The molecule has 2 fully saturated rings. The molecular weight excluding hydrogens is 328 g/mol. The summed E-state index contributed by atoms with van der Waals surface area (Å²) >= 11 is 0. The molecule has 2 amide bonds. The highest BCUT2D eigenvalue weighted by molar-refractivity contribution is 5.91. The summed E-state index contributed by atoms with van der Waals surface area (Å²) in [6.45, 7) is 2.80. The van der Waals surface area contributed by atoms with Crippen molar-refractivity contribution in [2.24, 2.45) is 0 Å². The summed E-state index contributed by atoms with van der Waals surface area (Å²) in [6, 6.07) is 17.5. The van der Waals surface area contributed by atoms with E-state index in [4.69, 9.17) is 9.47 Å². The molecule has 2 aromatic carbocycles. The van der Waals surface area contributed by atoms with E-state index < -0.39 is 0 Å². The molecule has 0 atom stereocenters. The van der Waals surface area contributed by atoms with Crippen LogP contribution in [0, 0.1) is 0 Å². The van der Waals surface area contributed by atoms with E-state index in [-0.39, 0.29) is 11.6 Å². The van der Waals surface area contributed by atoms with Crippen molar-refractivity contribution in [3.05, 3.63) is 60.2 Å². The molecule has 0 radical (unpaired) electrons. The lowest BCUT2D eigenvalue weighted by atomic mass is 9.84. The summed E-state index contributed by atoms with van der Waals surface area (Å²) < 4.78 is 11.6. The van der Waals surface area contributed by atoms with Crippen LogP contribution < -0.4 is 10.1 Å². The maximum atomic E-state index is 12.6. The third-order valence-corrected chi connectivity index (χ3v) is 5.29. The maximum Gasteiger partial charge on any atom is 0.321 e. The number of amides is 2. The molecule has 0 saturated carbocycles. The molecule has 2 heterocycles. The zero-order chi connectivity index (χ0) is 17.8. The maximum absolute atomic E-state index is 12.6. The standard InChI is InChI=1S/C21H24N2O3/c24-20(23-13-10-21(11-14-23)12-15-26-21)22-18-8-4-5-9-19(18)25-16-17-6-2-1-3-7-17/h1-9H,10-16H2,(H,22,24). The van der Waals surface area contributed by atoms with Crippen molar-refractivity contribution in [1.82, 2.24) is 4.90 Å². The smallest absolute Gasteiger partial charge is 0.321 e. The Balaban J connectivity index is 1.36. The molecule has 0 unspecified atom stereocenters. The van der Waals surface area contributed by atoms with E-state index in [2.05, 4.69) is 5.32 Å². The highest BCUT2D eigenvalue weighted by Gasteiger charge is 2.41. The van der Waals surface area contributed by atoms with Gasteiger partial charge in [-0.3, -0.25) is 0 Å². The number of ether oxygens (including phenoxy) is 2. The largest absolute Gasteiger partial charge is 0.487 e. The van der Waals surface area contributed by atoms with Gasteiger partial charge in [-0.05, 0) is 37.0 Å². The van der Waals surface area contributed by atoms with Crippen molar-refractivity contribution in [3.63, 3.8) is 0 Å². The van der Waals surface area contributed by atoms with Crippen LogP contribution in [0.1, 0.15) is 24.8 Å². The summed E-state index contributed by atoms with van der Waals surface area (Å²) in [5.41, 5.74) is 1.84. The number of piperidine rings is 1. The quantitative estimate of drug-likeness (QED) is 0.903. The van der Waals surface area contributed by atoms with Crippen molar-refractivity contribution in [2.45, 2.75) is 31.5 Å². The van der Waals surface area contributed by atoms with Crippen molar-refractivity contribution in [1.29, 1.82) is 0 Å². The summed E-state index contributed by atoms with van der Waals surface area (Å²) in [5.74, 6) is 0.681. The topological polar surface area (TPSA) is 50.8 Å². The minimum atomic E-state index is -0.0741. The number of nitrogens with one attached hydrogen (secondary N) is 1. The first-order valence-electron chi connectivity index (χ1n) is 9.20. The number of hydrogen-bond donors (Lipinski definition) is 1. The van der Waals surface area contributed by atoms with Crippen LogP contribution in [-0.4, -0.2) is 36.2 Å². The molecular formula is C21H24N2O3. The van der Waals surface area contributed by atoms with Gasteiger partial charge >= 0.3 is 6.03 Å². The van der Waals surface area contributed by atoms with E-state index in [0.29, 0.717) is 18.0 Å². The summed E-state index contributed by atoms with van der Waals surface area (Å²) in [6.07, 6.45) is 2.97. The molecule has 2 aliphatic heterocycles. The molecule has 2 saturated heterocycles. The SMILES string of the molecule is O=C(Nc1ccccc1OCc1ccccc1)N1CCC2(CCO2)CC1. The van der Waals surface area contributed by atoms with Gasteiger partial charge in [-0.2, -0.15) is 0 Å². The van der Waals surface area contributed by atoms with Gasteiger partial charge in [0.1, 0.15) is 12.4 Å². The van der Waals surface area contributed by atoms with Gasteiger partial charge in [0.2, 0.25) is 0 Å². The normalized spacial score (nSPS) is 18.2. The molecule has 2 aromatic rings. The van der Waals surface area contributed by atoms with E-state index in [1.165, 1.54) is 0 Å². The van der Waals surface area contributed by atoms with Crippen LogP contribution >= 0.6 is 0 Å². The first-order chi connectivity index (χ1) is 12.7. The molecule has 0 bridgehead atoms. The number of nitrogens with zero attached hydrogens (tertiary/aromatic N) is 1. The van der Waals surface area contributed by atoms with Gasteiger partial charge in [0.05, 0.1) is 17.9 Å². The van der Waals surface area contributed by atoms with Crippen molar-refractivity contribution in [3.8, 4) is 5.75 Å².